The van der Waals surface area contributed by atoms with Crippen molar-refractivity contribution < 1.29 is 23.4 Å². The summed E-state index contributed by atoms with van der Waals surface area (Å²) in [5, 5.41) is 18.5. The van der Waals surface area contributed by atoms with Gasteiger partial charge in [0.05, 0.1) is 4.90 Å². The zero-order valence-electron chi connectivity index (χ0n) is 11.8. The second-order valence-electron chi connectivity index (χ2n) is 5.42. The lowest BCUT2D eigenvalue weighted by molar-refractivity contribution is 0.0693. The predicted molar refractivity (Wildman–Crippen MR) is 76.9 cm³/mol. The number of phenols is 1. The molecule has 1 aromatic carbocycles. The van der Waals surface area contributed by atoms with Crippen molar-refractivity contribution in [3.8, 4) is 5.75 Å². The van der Waals surface area contributed by atoms with E-state index in [1.165, 1.54) is 13.3 Å². The number of hydrogen-bond donors (Lipinski definition) is 3. The van der Waals surface area contributed by atoms with Crippen LogP contribution in [0.25, 0.3) is 0 Å². The maximum atomic E-state index is 12.2. The molecule has 0 saturated heterocycles. The third kappa shape index (κ3) is 3.54. The Hall–Kier alpha value is -1.60. The summed E-state index contributed by atoms with van der Waals surface area (Å²) >= 11 is 0. The van der Waals surface area contributed by atoms with E-state index < -0.39 is 27.3 Å². The highest BCUT2D eigenvalue weighted by molar-refractivity contribution is 7.89. The Balaban J connectivity index is 2.17. The van der Waals surface area contributed by atoms with Crippen LogP contribution < -0.4 is 4.72 Å². The van der Waals surface area contributed by atoms with E-state index in [0.29, 0.717) is 18.0 Å². The minimum absolute atomic E-state index is 0.105. The summed E-state index contributed by atoms with van der Waals surface area (Å²) in [5.74, 6) is -1.21. The van der Waals surface area contributed by atoms with E-state index in [4.69, 9.17) is 5.11 Å². The summed E-state index contributed by atoms with van der Waals surface area (Å²) in [5.41, 5.74) is -0.103. The van der Waals surface area contributed by atoms with E-state index >= 15 is 0 Å². The van der Waals surface area contributed by atoms with Crippen LogP contribution in [0.3, 0.4) is 0 Å². The van der Waals surface area contributed by atoms with Gasteiger partial charge in [-0.15, -0.1) is 0 Å². The lowest BCUT2D eigenvalue weighted by Crippen LogP contribution is -2.28. The number of aromatic hydroxyl groups is 1. The second-order valence-corrected chi connectivity index (χ2v) is 7.16. The Bertz CT molecular complexity index is 650. The number of sulfonamides is 1. The molecule has 116 valence electrons. The highest BCUT2D eigenvalue weighted by Crippen LogP contribution is 2.29. The summed E-state index contributed by atoms with van der Waals surface area (Å²) < 4.78 is 27.0. The summed E-state index contributed by atoms with van der Waals surface area (Å²) in [7, 11) is -3.77. The minimum atomic E-state index is -3.77. The van der Waals surface area contributed by atoms with Gasteiger partial charge in [0.15, 0.2) is 0 Å². The molecule has 0 spiro atoms. The molecule has 0 aliphatic heterocycles. The first-order valence-electron chi connectivity index (χ1n) is 6.88. The number of carboxylic acid groups (broad SMARTS) is 1. The molecule has 1 saturated carbocycles. The zero-order valence-corrected chi connectivity index (χ0v) is 12.6. The van der Waals surface area contributed by atoms with Gasteiger partial charge in [-0.2, -0.15) is 0 Å². The van der Waals surface area contributed by atoms with Crippen LogP contribution in [0.15, 0.2) is 17.0 Å². The third-order valence-corrected chi connectivity index (χ3v) is 5.49. The molecule has 1 aliphatic carbocycles. The molecule has 0 atom stereocenters. The molecule has 21 heavy (non-hydrogen) atoms. The quantitative estimate of drug-likeness (QED) is 0.744. The molecular weight excluding hydrogens is 294 g/mol. The van der Waals surface area contributed by atoms with Crippen LogP contribution in [0.5, 0.6) is 5.75 Å². The minimum Gasteiger partial charge on any atom is -0.507 e. The largest absolute Gasteiger partial charge is 0.507 e. The van der Waals surface area contributed by atoms with Crippen LogP contribution in [0.4, 0.5) is 0 Å². The van der Waals surface area contributed by atoms with Crippen molar-refractivity contribution in [1.82, 2.24) is 4.72 Å². The summed E-state index contributed by atoms with van der Waals surface area (Å²) in [6, 6.07) is 2.16. The fraction of sp³-hybridized carbons (Fsp3) is 0.500. The number of carboxylic acids is 1. The number of aryl methyl sites for hydroxylation is 1. The van der Waals surface area contributed by atoms with Crippen molar-refractivity contribution in [1.29, 1.82) is 0 Å². The lowest BCUT2D eigenvalue weighted by Gasteiger charge is -2.25. The topological polar surface area (TPSA) is 104 Å². The molecule has 0 aromatic heterocycles. The molecule has 7 heteroatoms. The molecule has 0 bridgehead atoms. The van der Waals surface area contributed by atoms with Gasteiger partial charge in [0.25, 0.3) is 0 Å². The molecular formula is C14H19NO5S. The number of hydrogen-bond acceptors (Lipinski definition) is 4. The van der Waals surface area contributed by atoms with Crippen LogP contribution in [0, 0.1) is 12.8 Å². The Morgan fingerprint density at radius 2 is 2.05 bits per heavy atom. The highest BCUT2D eigenvalue weighted by atomic mass is 32.2. The Morgan fingerprint density at radius 1 is 1.38 bits per heavy atom. The summed E-state index contributed by atoms with van der Waals surface area (Å²) in [6.07, 6.45) is 4.28. The van der Waals surface area contributed by atoms with Gasteiger partial charge in [0.2, 0.25) is 10.0 Å². The van der Waals surface area contributed by atoms with Gasteiger partial charge < -0.3 is 10.2 Å². The van der Waals surface area contributed by atoms with Gasteiger partial charge in [0, 0.05) is 6.54 Å². The Morgan fingerprint density at radius 3 is 2.57 bits per heavy atom. The van der Waals surface area contributed by atoms with E-state index in [0.717, 1.165) is 31.4 Å². The van der Waals surface area contributed by atoms with Crippen molar-refractivity contribution >= 4 is 16.0 Å². The Kier molecular flexibility index (Phi) is 4.53. The fourth-order valence-corrected chi connectivity index (χ4v) is 3.69. The van der Waals surface area contributed by atoms with Gasteiger partial charge in [0.1, 0.15) is 11.3 Å². The molecule has 1 fully saturated rings. The average molecular weight is 313 g/mol. The first-order chi connectivity index (χ1) is 9.81. The van der Waals surface area contributed by atoms with E-state index in [2.05, 4.69) is 4.72 Å². The van der Waals surface area contributed by atoms with Gasteiger partial charge in [-0.25, -0.2) is 17.9 Å². The van der Waals surface area contributed by atoms with Crippen LogP contribution >= 0.6 is 0 Å². The third-order valence-electron chi connectivity index (χ3n) is 3.88. The number of aromatic carboxylic acids is 1. The molecule has 0 amide bonds. The van der Waals surface area contributed by atoms with Crippen molar-refractivity contribution in [2.75, 3.05) is 6.54 Å². The monoisotopic (exact) mass is 313 g/mol. The smallest absolute Gasteiger partial charge is 0.339 e. The molecule has 0 radical (unpaired) electrons. The van der Waals surface area contributed by atoms with E-state index in [1.54, 1.807) is 0 Å². The first kappa shape index (κ1) is 15.8. The molecule has 1 aliphatic rings. The van der Waals surface area contributed by atoms with E-state index in [1.807, 2.05) is 0 Å². The molecule has 3 N–H and O–H groups in total. The van der Waals surface area contributed by atoms with Gasteiger partial charge >= 0.3 is 5.97 Å². The SMILES string of the molecule is Cc1cc(O)c(C(=O)O)cc1S(=O)(=O)NCCC1CCC1. The van der Waals surface area contributed by atoms with Crippen molar-refractivity contribution in [3.63, 3.8) is 0 Å². The van der Waals surface area contributed by atoms with Crippen LogP contribution in [-0.2, 0) is 10.0 Å². The Labute approximate surface area is 123 Å². The highest BCUT2D eigenvalue weighted by Gasteiger charge is 2.23. The van der Waals surface area contributed by atoms with E-state index in [-0.39, 0.29) is 4.90 Å². The summed E-state index contributed by atoms with van der Waals surface area (Å²) in [4.78, 5) is 10.9. The van der Waals surface area contributed by atoms with Gasteiger partial charge in [-0.1, -0.05) is 19.3 Å². The normalized spacial score (nSPS) is 15.7. The standard InChI is InChI=1S/C14H19NO5S/c1-9-7-12(16)11(14(17)18)8-13(9)21(19,20)15-6-5-10-3-2-4-10/h7-8,10,15-16H,2-6H2,1H3,(H,17,18). The average Bonchev–Trinajstić information content (AvgIpc) is 2.31. The zero-order chi connectivity index (χ0) is 15.6. The molecule has 1 aromatic rings. The first-order valence-corrected chi connectivity index (χ1v) is 8.36. The van der Waals surface area contributed by atoms with Crippen LogP contribution in [0.2, 0.25) is 0 Å². The molecule has 0 heterocycles. The maximum Gasteiger partial charge on any atom is 0.339 e. The van der Waals surface area contributed by atoms with Crippen LogP contribution in [-0.4, -0.2) is 31.1 Å². The number of carbonyl (C=O) groups is 1. The fourth-order valence-electron chi connectivity index (χ4n) is 2.39. The van der Waals surface area contributed by atoms with Gasteiger partial charge in [-0.3, -0.25) is 0 Å². The number of benzene rings is 1. The molecule has 0 unspecified atom stereocenters. The maximum absolute atomic E-state index is 12.2. The molecule has 6 nitrogen and oxygen atoms in total. The van der Waals surface area contributed by atoms with Crippen molar-refractivity contribution in [2.45, 2.75) is 37.5 Å². The van der Waals surface area contributed by atoms with Crippen molar-refractivity contribution in [3.05, 3.63) is 23.3 Å². The number of rotatable bonds is 6. The molecule has 2 rings (SSSR count). The van der Waals surface area contributed by atoms with Crippen LogP contribution in [0.1, 0.15) is 41.6 Å². The number of nitrogens with one attached hydrogen (secondary N) is 1. The summed E-state index contributed by atoms with van der Waals surface area (Å²) in [6.45, 7) is 1.86. The van der Waals surface area contributed by atoms with E-state index in [9.17, 15) is 18.3 Å². The predicted octanol–water partition coefficient (Wildman–Crippen LogP) is 1.87. The van der Waals surface area contributed by atoms with Crippen molar-refractivity contribution in [2.24, 2.45) is 5.92 Å². The second kappa shape index (κ2) is 6.03. The lowest BCUT2D eigenvalue weighted by atomic mass is 9.83. The van der Waals surface area contributed by atoms with Gasteiger partial charge in [-0.05, 0) is 37.0 Å².